The lowest BCUT2D eigenvalue weighted by Crippen LogP contribution is -2.43. The summed E-state index contributed by atoms with van der Waals surface area (Å²) in [6.07, 6.45) is -1.15. The molecule has 0 aliphatic rings. The number of carbonyl (C=O) groups is 1. The van der Waals surface area contributed by atoms with Gasteiger partial charge in [0.2, 0.25) is 10.0 Å². The first kappa shape index (κ1) is 20.6. The molecule has 0 bridgehead atoms. The molecule has 140 valence electrons. The molecule has 2 aromatic carbocycles. The van der Waals surface area contributed by atoms with Gasteiger partial charge in [0.25, 0.3) is 0 Å². The van der Waals surface area contributed by atoms with E-state index in [1.165, 1.54) is 24.3 Å². The van der Waals surface area contributed by atoms with Crippen LogP contribution in [0.25, 0.3) is 11.1 Å². The highest BCUT2D eigenvalue weighted by Gasteiger charge is 2.31. The number of carboxylic acids is 1. The molecule has 0 amide bonds. The number of carboxylic acid groups (broad SMARTS) is 1. The van der Waals surface area contributed by atoms with Gasteiger partial charge in [-0.1, -0.05) is 35.9 Å². The average Bonchev–Trinajstić information content (AvgIpc) is 2.53. The molecule has 1 atom stereocenters. The molecular formula is C15H15ClNO7PS. The SMILES string of the molecule is O=C(O)C(CP(=O)(O)O)NS(=O)(=O)c1ccc(-c2ccc(Cl)cc2)cc1. The molecule has 26 heavy (non-hydrogen) atoms. The number of hydrogen-bond donors (Lipinski definition) is 4. The molecule has 11 heteroatoms. The number of sulfonamides is 1. The van der Waals surface area contributed by atoms with Crippen LogP contribution in [0.5, 0.6) is 0 Å². The zero-order valence-corrected chi connectivity index (χ0v) is 15.6. The molecule has 0 fully saturated rings. The number of nitrogens with one attached hydrogen (secondary N) is 1. The van der Waals surface area contributed by atoms with E-state index < -0.39 is 35.8 Å². The number of aliphatic carboxylic acids is 1. The highest BCUT2D eigenvalue weighted by Crippen LogP contribution is 2.35. The lowest BCUT2D eigenvalue weighted by atomic mass is 10.1. The van der Waals surface area contributed by atoms with Crippen molar-refractivity contribution in [3.8, 4) is 11.1 Å². The summed E-state index contributed by atoms with van der Waals surface area (Å²) in [6.45, 7) is 0. The summed E-state index contributed by atoms with van der Waals surface area (Å²) in [5.41, 5.74) is 1.52. The zero-order chi connectivity index (χ0) is 19.5. The Morgan fingerprint density at radius 1 is 1.04 bits per heavy atom. The van der Waals surface area contributed by atoms with E-state index in [4.69, 9.17) is 26.5 Å². The fourth-order valence-electron chi connectivity index (χ4n) is 2.13. The first-order chi connectivity index (χ1) is 12.0. The minimum atomic E-state index is -4.72. The second-order valence-corrected chi connectivity index (χ2v) is 9.24. The van der Waals surface area contributed by atoms with E-state index in [9.17, 15) is 17.8 Å². The Hall–Kier alpha value is -1.74. The van der Waals surface area contributed by atoms with Crippen molar-refractivity contribution in [2.24, 2.45) is 0 Å². The van der Waals surface area contributed by atoms with Gasteiger partial charge in [-0.25, -0.2) is 8.42 Å². The minimum absolute atomic E-state index is 0.229. The summed E-state index contributed by atoms with van der Waals surface area (Å²) in [5.74, 6) is -1.69. The van der Waals surface area contributed by atoms with Crippen molar-refractivity contribution >= 4 is 35.2 Å². The highest BCUT2D eigenvalue weighted by molar-refractivity contribution is 7.89. The van der Waals surface area contributed by atoms with Crippen molar-refractivity contribution in [1.82, 2.24) is 4.72 Å². The molecule has 0 saturated heterocycles. The summed E-state index contributed by atoms with van der Waals surface area (Å²) in [5, 5.41) is 9.54. The molecular weight excluding hydrogens is 405 g/mol. The van der Waals surface area contributed by atoms with Crippen molar-refractivity contribution < 1.29 is 32.7 Å². The molecule has 0 radical (unpaired) electrons. The molecule has 0 aromatic heterocycles. The largest absolute Gasteiger partial charge is 0.480 e. The third-order valence-corrected chi connectivity index (χ3v) is 5.94. The summed E-state index contributed by atoms with van der Waals surface area (Å²) in [4.78, 5) is 28.6. The van der Waals surface area contributed by atoms with Gasteiger partial charge >= 0.3 is 13.6 Å². The smallest absolute Gasteiger partial charge is 0.327 e. The Morgan fingerprint density at radius 3 is 1.92 bits per heavy atom. The maximum Gasteiger partial charge on any atom is 0.327 e. The number of benzene rings is 2. The second kappa shape index (κ2) is 7.87. The van der Waals surface area contributed by atoms with Gasteiger partial charge in [-0.05, 0) is 35.4 Å². The molecule has 1 unspecified atom stereocenters. The van der Waals surface area contributed by atoms with E-state index in [-0.39, 0.29) is 4.90 Å². The van der Waals surface area contributed by atoms with Crippen LogP contribution < -0.4 is 4.72 Å². The molecule has 0 heterocycles. The Balaban J connectivity index is 2.24. The monoisotopic (exact) mass is 419 g/mol. The van der Waals surface area contributed by atoms with Gasteiger partial charge in [0.15, 0.2) is 0 Å². The second-order valence-electron chi connectivity index (χ2n) is 5.39. The first-order valence-electron chi connectivity index (χ1n) is 7.14. The maximum absolute atomic E-state index is 12.3. The third kappa shape index (κ3) is 5.63. The first-order valence-corrected chi connectivity index (χ1v) is 10.8. The van der Waals surface area contributed by atoms with Crippen molar-refractivity contribution in [2.45, 2.75) is 10.9 Å². The minimum Gasteiger partial charge on any atom is -0.480 e. The molecule has 8 nitrogen and oxygen atoms in total. The molecule has 0 aliphatic heterocycles. The Kier molecular flexibility index (Phi) is 6.23. The van der Waals surface area contributed by atoms with Crippen LogP contribution in [0.15, 0.2) is 53.4 Å². The summed E-state index contributed by atoms with van der Waals surface area (Å²) in [7, 11) is -9.00. The van der Waals surface area contributed by atoms with Crippen molar-refractivity contribution in [2.75, 3.05) is 6.16 Å². The fraction of sp³-hybridized carbons (Fsp3) is 0.133. The molecule has 2 rings (SSSR count). The normalized spacial score (nSPS) is 13.3. The van der Waals surface area contributed by atoms with Crippen LogP contribution in [0.2, 0.25) is 5.02 Å². The van der Waals surface area contributed by atoms with Gasteiger partial charge in [-0.3, -0.25) is 9.36 Å². The maximum atomic E-state index is 12.3. The Morgan fingerprint density at radius 2 is 1.50 bits per heavy atom. The summed E-state index contributed by atoms with van der Waals surface area (Å²) in [6, 6.07) is 10.5. The predicted octanol–water partition coefficient (Wildman–Crippen LogP) is 1.92. The van der Waals surface area contributed by atoms with Gasteiger partial charge in [-0.15, -0.1) is 0 Å². The Bertz CT molecular complexity index is 939. The number of rotatable bonds is 7. The van der Waals surface area contributed by atoms with Crippen LogP contribution in [0.3, 0.4) is 0 Å². The molecule has 0 aliphatic carbocycles. The van der Waals surface area contributed by atoms with Gasteiger partial charge in [0.05, 0.1) is 11.1 Å². The predicted molar refractivity (Wildman–Crippen MR) is 95.5 cm³/mol. The van der Waals surface area contributed by atoms with Crippen molar-refractivity contribution in [1.29, 1.82) is 0 Å². The number of hydrogen-bond acceptors (Lipinski definition) is 4. The van der Waals surface area contributed by atoms with Gasteiger partial charge in [0, 0.05) is 5.02 Å². The van der Waals surface area contributed by atoms with Gasteiger partial charge in [-0.2, -0.15) is 4.72 Å². The van der Waals surface area contributed by atoms with E-state index in [1.807, 2.05) is 0 Å². The third-order valence-electron chi connectivity index (χ3n) is 3.36. The zero-order valence-electron chi connectivity index (χ0n) is 13.1. The molecule has 0 spiro atoms. The summed E-state index contributed by atoms with van der Waals surface area (Å²) >= 11 is 5.81. The summed E-state index contributed by atoms with van der Waals surface area (Å²) < 4.78 is 37.3. The van der Waals surface area contributed by atoms with Crippen LogP contribution in [-0.2, 0) is 19.4 Å². The lowest BCUT2D eigenvalue weighted by Gasteiger charge is -2.15. The van der Waals surface area contributed by atoms with Crippen molar-refractivity contribution in [3.63, 3.8) is 0 Å². The lowest BCUT2D eigenvalue weighted by molar-refractivity contribution is -0.138. The number of halogens is 1. The van der Waals surface area contributed by atoms with Crippen LogP contribution >= 0.6 is 19.2 Å². The van der Waals surface area contributed by atoms with E-state index in [0.29, 0.717) is 10.6 Å². The van der Waals surface area contributed by atoms with Gasteiger partial charge < -0.3 is 14.9 Å². The molecule has 0 saturated carbocycles. The van der Waals surface area contributed by atoms with Crippen LogP contribution in [0, 0.1) is 0 Å². The van der Waals surface area contributed by atoms with E-state index >= 15 is 0 Å². The van der Waals surface area contributed by atoms with Crippen LogP contribution in [-0.4, -0.2) is 41.5 Å². The Labute approximate surface area is 154 Å². The van der Waals surface area contributed by atoms with Crippen LogP contribution in [0.1, 0.15) is 0 Å². The van der Waals surface area contributed by atoms with E-state index in [2.05, 4.69) is 0 Å². The van der Waals surface area contributed by atoms with Gasteiger partial charge in [0.1, 0.15) is 6.04 Å². The van der Waals surface area contributed by atoms with E-state index in [0.717, 1.165) is 5.56 Å². The highest BCUT2D eigenvalue weighted by atomic mass is 35.5. The van der Waals surface area contributed by atoms with Crippen molar-refractivity contribution in [3.05, 3.63) is 53.6 Å². The standard InChI is InChI=1S/C15H15ClNO7PS/c16-12-5-1-10(2-6-12)11-3-7-13(8-4-11)26(23,24)17-14(15(18)19)9-25(20,21)22/h1-8,14,17H,9H2,(H,18,19)(H2,20,21,22). The van der Waals surface area contributed by atoms with E-state index in [1.54, 1.807) is 29.0 Å². The fourth-order valence-corrected chi connectivity index (χ4v) is 4.29. The topological polar surface area (TPSA) is 141 Å². The molecule has 2 aromatic rings. The van der Waals surface area contributed by atoms with Crippen LogP contribution in [0.4, 0.5) is 0 Å². The molecule has 4 N–H and O–H groups in total. The average molecular weight is 420 g/mol. The quantitative estimate of drug-likeness (QED) is 0.502.